The number of carboxylic acids is 1. The quantitative estimate of drug-likeness (QED) is 0.0256. The molecule has 816 valence electrons. The predicted molar refractivity (Wildman–Crippen MR) is 551 cm³/mol. The zero-order valence-electron chi connectivity index (χ0n) is 91.9. The molecule has 0 aliphatic carbocycles. The van der Waals surface area contributed by atoms with Gasteiger partial charge in [0.1, 0.15) is 13.2 Å². The third-order valence-corrected chi connectivity index (χ3v) is 63.2. The van der Waals surface area contributed by atoms with Gasteiger partial charge in [-0.05, 0) is 243 Å². The summed E-state index contributed by atoms with van der Waals surface area (Å²) < 4.78 is 220. The van der Waals surface area contributed by atoms with Crippen LogP contribution in [0.1, 0.15) is 180 Å². The Balaban J connectivity index is -0.000000443. The van der Waals surface area contributed by atoms with Gasteiger partial charge >= 0.3 is 142 Å². The molecule has 0 fully saturated rings. The third kappa shape index (κ3) is 85.1. The number of carbonyl (C=O) groups is 5. The number of ether oxygens (including phenoxy) is 13. The summed E-state index contributed by atoms with van der Waals surface area (Å²) in [5.41, 5.74) is -7.69. The normalized spacial score (nSPS) is 13.7. The molecule has 0 aromatic carbocycles. The van der Waals surface area contributed by atoms with Crippen LogP contribution in [0.15, 0.2) is 0 Å². The van der Waals surface area contributed by atoms with Gasteiger partial charge in [-0.1, -0.05) is 93.9 Å². The average Bonchev–Trinajstić information content (AvgIpc) is 0.798. The van der Waals surface area contributed by atoms with Gasteiger partial charge < -0.3 is 112 Å². The van der Waals surface area contributed by atoms with E-state index in [9.17, 15) is 54.0 Å². The van der Waals surface area contributed by atoms with Crippen molar-refractivity contribution in [2.45, 2.75) is 343 Å². The molecule has 0 radical (unpaired) electrons. The topological polar surface area (TPSA) is 409 Å². The maximum absolute atomic E-state index is 12.4. The number of alkyl halides is 3. The number of carbonyl (C=O) groups excluding carboxylic acids is 4. The smallest absolute Gasteiger partial charge is 0.481 e. The molecule has 35 nitrogen and oxygen atoms in total. The van der Waals surface area contributed by atoms with Gasteiger partial charge in [0, 0.05) is 7.11 Å². The summed E-state index contributed by atoms with van der Waals surface area (Å²) in [7, 11) is -37.5. The first-order chi connectivity index (χ1) is 61.8. The minimum Gasteiger partial charge on any atom is -0.481 e. The van der Waals surface area contributed by atoms with E-state index in [4.69, 9.17) is 103 Å². The van der Waals surface area contributed by atoms with E-state index in [-0.39, 0.29) is 65.9 Å². The van der Waals surface area contributed by atoms with Crippen molar-refractivity contribution >= 4 is 144 Å². The van der Waals surface area contributed by atoms with E-state index in [2.05, 4.69) is 166 Å². The fourth-order valence-corrected chi connectivity index (χ4v) is 69.3. The van der Waals surface area contributed by atoms with Crippen molar-refractivity contribution in [1.29, 1.82) is 0 Å². The van der Waals surface area contributed by atoms with Gasteiger partial charge in [-0.25, -0.2) is 16.8 Å². The number of hydrogen-bond acceptors (Lipinski definition) is 33. The zero-order valence-corrected chi connectivity index (χ0v) is 107. The first-order valence-electron chi connectivity index (χ1n) is 47.8. The van der Waals surface area contributed by atoms with Crippen molar-refractivity contribution in [1.82, 2.24) is 0 Å². The maximum atomic E-state index is 12.4. The SMILES string of the molecule is CCC(C)(C)C(=O)O.CCC(C)(C)C(=O)OCCC[Si](C)(C)O[Si](C)(C)O[Si](C)(C)O[Si](C)(C)O[Si](C)(C)O[Si](C)(C)O[Si](C)(C)O[Si](C)(C)O[Si](C)(C)O[Si](C)(C)O[Si](C)(C)C.CCC(C)(C)C(=O)OCCOS(=O)(=O)[N-]S(=O)(=O)C(F)(F)F.CCC(C)C(=O)OCCOCCOCCOCCOCCOCCOCCOCCOCCOC.CCCCCCCCCOC(=O)C(C)CC.[Na+]. The van der Waals surface area contributed by atoms with E-state index in [1.165, 1.54) is 38.5 Å². The third-order valence-electron chi connectivity index (χ3n) is 19.1. The first-order valence-corrected chi connectivity index (χ1v) is 82.5. The minimum atomic E-state index is -6.23. The van der Waals surface area contributed by atoms with Crippen LogP contribution in [0.2, 0.25) is 157 Å². The number of aliphatic carboxylic acids is 1. The van der Waals surface area contributed by atoms with Crippen molar-refractivity contribution in [3.05, 3.63) is 4.13 Å². The van der Waals surface area contributed by atoms with E-state index >= 15 is 0 Å². The van der Waals surface area contributed by atoms with Crippen LogP contribution in [0.3, 0.4) is 0 Å². The molecule has 0 heterocycles. The number of carboxylic acid groups (broad SMARTS) is 1. The van der Waals surface area contributed by atoms with Crippen LogP contribution >= 0.6 is 0 Å². The van der Waals surface area contributed by atoms with E-state index in [1.54, 1.807) is 45.9 Å². The monoisotopic (exact) mass is 2220 g/mol. The summed E-state index contributed by atoms with van der Waals surface area (Å²) in [6.07, 6.45) is 13.1. The van der Waals surface area contributed by atoms with Crippen LogP contribution in [-0.4, -0.2) is 303 Å². The first kappa shape index (κ1) is 147. The molecule has 0 bridgehead atoms. The molecule has 0 aliphatic rings. The Bertz CT molecular complexity index is 3440. The Morgan fingerprint density at radius 1 is 0.328 bits per heavy atom. The summed E-state index contributed by atoms with van der Waals surface area (Å²) in [6.45, 7) is 82.8. The maximum Gasteiger partial charge on any atom is 1.00 e. The molecule has 0 aromatic heterocycles. The number of rotatable bonds is 75. The van der Waals surface area contributed by atoms with Gasteiger partial charge in [-0.2, -0.15) is 13.2 Å². The summed E-state index contributed by atoms with van der Waals surface area (Å²) in [6, 6.07) is 0.872. The molecule has 52 heteroatoms. The molecular weight excluding hydrogens is 2030 g/mol. The Kier molecular flexibility index (Phi) is 78.3. The predicted octanol–water partition coefficient (Wildman–Crippen LogP) is 16.5. The van der Waals surface area contributed by atoms with Gasteiger partial charge in [-0.15, -0.1) is 0 Å². The Labute approximate surface area is 860 Å². The molecule has 0 amide bonds. The number of unbranched alkanes of at least 4 members (excludes halogenated alkanes) is 6. The number of methoxy groups -OCH3 is 1. The van der Waals surface area contributed by atoms with Crippen molar-refractivity contribution < 1.29 is 196 Å². The molecule has 2 atom stereocenters. The summed E-state index contributed by atoms with van der Waals surface area (Å²) in [5, 5.41) is 8.44. The Morgan fingerprint density at radius 3 is 0.839 bits per heavy atom. The van der Waals surface area contributed by atoms with Crippen LogP contribution in [-0.2, 0) is 151 Å². The summed E-state index contributed by atoms with van der Waals surface area (Å²) in [4.78, 5) is 56.9. The van der Waals surface area contributed by atoms with E-state index in [0.717, 1.165) is 38.1 Å². The fraction of sp³-hybridized carbons (Fsp3) is 0.941. The number of sulfonamides is 1. The largest absolute Gasteiger partial charge is 1.00 e. The van der Waals surface area contributed by atoms with E-state index < -0.39 is 161 Å². The van der Waals surface area contributed by atoms with Gasteiger partial charge in [0.05, 0.1) is 160 Å². The van der Waals surface area contributed by atoms with Crippen LogP contribution in [0.5, 0.6) is 0 Å². The molecule has 0 spiro atoms. The average molecular weight is 2220 g/mol. The molecule has 0 aliphatic heterocycles. The summed E-state index contributed by atoms with van der Waals surface area (Å²) >= 11 is 0. The van der Waals surface area contributed by atoms with Crippen molar-refractivity contribution in [2.75, 3.05) is 152 Å². The van der Waals surface area contributed by atoms with Crippen LogP contribution in [0.25, 0.3) is 4.13 Å². The van der Waals surface area contributed by atoms with Gasteiger partial charge in [-0.3, -0.25) is 28.2 Å². The van der Waals surface area contributed by atoms with Crippen LogP contribution in [0, 0.1) is 28.1 Å². The molecule has 0 rings (SSSR count). The number of halogens is 3. The fourth-order valence-electron chi connectivity index (χ4n) is 12.2. The Hall–Kier alpha value is -0.414. The second kappa shape index (κ2) is 72.9. The molecule has 0 saturated carbocycles. The molecule has 1 N–H and O–H groups in total. The minimum absolute atomic E-state index is 0. The molecule has 137 heavy (non-hydrogen) atoms. The number of nitrogens with zero attached hydrogens (tertiary/aromatic N) is 1. The molecular formula is C85H189F3NNaO34S2Si11. The van der Waals surface area contributed by atoms with Gasteiger partial charge in [0.25, 0.3) is 0 Å². The van der Waals surface area contributed by atoms with E-state index in [1.807, 2.05) is 55.4 Å². The van der Waals surface area contributed by atoms with Crippen molar-refractivity contribution in [3.63, 3.8) is 0 Å². The zero-order chi connectivity index (χ0) is 107. The summed E-state index contributed by atoms with van der Waals surface area (Å²) in [5.74, 6) is -1.76. The Morgan fingerprint density at radius 2 is 0.577 bits per heavy atom. The van der Waals surface area contributed by atoms with Gasteiger partial charge in [0.15, 0.2) is 26.7 Å². The molecule has 0 saturated heterocycles. The van der Waals surface area contributed by atoms with Crippen LogP contribution < -0.4 is 29.6 Å². The van der Waals surface area contributed by atoms with Crippen molar-refractivity contribution in [2.24, 2.45) is 28.1 Å². The number of esters is 4. The molecule has 2 unspecified atom stereocenters. The van der Waals surface area contributed by atoms with E-state index in [0.29, 0.717) is 138 Å². The second-order valence-electron chi connectivity index (χ2n) is 40.1. The van der Waals surface area contributed by atoms with Crippen molar-refractivity contribution in [3.8, 4) is 0 Å². The number of hydrogen-bond donors (Lipinski definition) is 1. The van der Waals surface area contributed by atoms with Crippen LogP contribution in [0.4, 0.5) is 13.2 Å². The molecule has 0 aromatic rings. The van der Waals surface area contributed by atoms with Gasteiger partial charge in [0.2, 0.25) is 10.3 Å². The second-order valence-corrected chi connectivity index (χ2v) is 84.8. The standard InChI is InChI=1S/C32H86O12Si11.C24H48O11.C14H28O2.C9H15F3NO7S2.C6H12O2.Na/c1-27-32(2,3)31(33)34-29-28-30-46(7,8)36-48(11,12)38-50(15,16)40-52(19,20)42-54(23,24)44-55(25,26)43-53(21,22)41-51(17,18)39-49(13,14)37-47(9,10)35-45(4,5)6;1-4-23(2)24(25)35-22-21-34-20-19-33-18-17-32-16-15-31-14-13-30-12-11-29-10-9-28-8-7-27-6-5-26-3;1-4-6-7-8-9-10-11-12-16-14(15)13(3)5-2;1-4-8(2,3)7(14)19-5-6-20-22(17,18)13-21(15,16)9(10,11)12;1-4-6(2,3)5(7)8;/h27-30H2,1-26H3;23H,4-22H2,1-3H3;13H,4-12H2,1-3H3;4-6H2,1-3H3;4H2,1-3H3,(H,7,8);/q;;;-1;;+1.